The van der Waals surface area contributed by atoms with Crippen LogP contribution in [0.25, 0.3) is 0 Å². The summed E-state index contributed by atoms with van der Waals surface area (Å²) < 4.78 is 36.0. The van der Waals surface area contributed by atoms with E-state index < -0.39 is 27.3 Å². The van der Waals surface area contributed by atoms with E-state index in [9.17, 15) is 18.0 Å². The summed E-state index contributed by atoms with van der Waals surface area (Å²) in [6, 6.07) is -1.14. The number of aromatic nitrogens is 3. The molecule has 27 heavy (non-hydrogen) atoms. The van der Waals surface area contributed by atoms with Crippen molar-refractivity contribution in [2.75, 3.05) is 19.5 Å². The minimum absolute atomic E-state index is 0.0440. The Morgan fingerprint density at radius 2 is 1.93 bits per heavy atom. The van der Waals surface area contributed by atoms with Crippen LogP contribution in [0.5, 0.6) is 6.01 Å². The molecule has 1 atom stereocenters. The van der Waals surface area contributed by atoms with Crippen molar-refractivity contribution < 1.29 is 27.5 Å². The smallest absolute Gasteiger partial charge is 0.337 e. The Morgan fingerprint density at radius 3 is 2.52 bits per heavy atom. The van der Waals surface area contributed by atoms with Gasteiger partial charge in [0, 0.05) is 4.86 Å². The van der Waals surface area contributed by atoms with E-state index in [1.807, 2.05) is 4.72 Å². The summed E-state index contributed by atoms with van der Waals surface area (Å²) in [4.78, 5) is 34.9. The molecule has 1 aliphatic carbocycles. The maximum absolute atomic E-state index is 12.4. The zero-order chi connectivity index (χ0) is 20.2. The van der Waals surface area contributed by atoms with E-state index in [4.69, 9.17) is 17.0 Å². The van der Waals surface area contributed by atoms with E-state index in [0.717, 1.165) is 0 Å². The Bertz CT molecular complexity index is 957. The normalized spacial score (nSPS) is 16.3. The zero-order valence-electron chi connectivity index (χ0n) is 14.4. The quantitative estimate of drug-likeness (QED) is 0.500. The Kier molecular flexibility index (Phi) is 6.17. The number of ether oxygens (including phenoxy) is 2. The Balaban J connectivity index is 2.10. The molecule has 2 rings (SSSR count). The highest BCUT2D eigenvalue weighted by atomic mass is 32.2. The van der Waals surface area contributed by atoms with Gasteiger partial charge < -0.3 is 9.47 Å². The maximum Gasteiger partial charge on any atom is 0.337 e. The number of nitrogens with zero attached hydrogens (tertiary/aromatic N) is 3. The number of sulfonamides is 1. The monoisotopic (exact) mass is 413 g/mol. The van der Waals surface area contributed by atoms with Crippen LogP contribution in [0.15, 0.2) is 23.8 Å². The predicted molar refractivity (Wildman–Crippen MR) is 97.8 cm³/mol. The number of hydrogen-bond donors (Lipinski definition) is 2. The number of aryl methyl sites for hydroxylation is 1. The second kappa shape index (κ2) is 8.18. The lowest BCUT2D eigenvalue weighted by Crippen LogP contribution is -2.43. The summed E-state index contributed by atoms with van der Waals surface area (Å²) in [5.41, 5.74) is 0.103. The molecular weight excluding hydrogens is 398 g/mol. The molecule has 1 aliphatic rings. The second-order valence-electron chi connectivity index (χ2n) is 5.07. The Hall–Kier alpha value is -2.93. The van der Waals surface area contributed by atoms with Crippen molar-refractivity contribution >= 4 is 45.1 Å². The number of hydrogen-bond acceptors (Lipinski definition) is 10. The molecule has 1 aromatic rings. The average molecular weight is 413 g/mol. The van der Waals surface area contributed by atoms with Crippen LogP contribution in [0.3, 0.4) is 0 Å². The highest BCUT2D eigenvalue weighted by Gasteiger charge is 2.31. The lowest BCUT2D eigenvalue weighted by Gasteiger charge is -2.17. The van der Waals surface area contributed by atoms with Gasteiger partial charge in [-0.25, -0.2) is 22.7 Å². The third kappa shape index (κ3) is 5.04. The molecule has 0 aliphatic heterocycles. The summed E-state index contributed by atoms with van der Waals surface area (Å²) in [7, 11) is -1.71. The minimum atomic E-state index is -4.22. The van der Waals surface area contributed by atoms with Crippen LogP contribution in [-0.4, -0.2) is 59.7 Å². The zero-order valence-corrected chi connectivity index (χ0v) is 16.1. The van der Waals surface area contributed by atoms with Gasteiger partial charge in [-0.3, -0.25) is 5.32 Å². The number of urea groups is 1. The molecule has 0 saturated heterocycles. The van der Waals surface area contributed by atoms with Crippen molar-refractivity contribution in [2.45, 2.75) is 12.2 Å². The van der Waals surface area contributed by atoms with Gasteiger partial charge in [-0.2, -0.15) is 15.0 Å². The Morgan fingerprint density at radius 1 is 1.22 bits per heavy atom. The molecule has 0 fully saturated rings. The van der Waals surface area contributed by atoms with Crippen LogP contribution < -0.4 is 14.8 Å². The highest BCUT2D eigenvalue weighted by Crippen LogP contribution is 2.16. The van der Waals surface area contributed by atoms with Gasteiger partial charge >= 0.3 is 18.0 Å². The van der Waals surface area contributed by atoms with Gasteiger partial charge in [-0.05, 0) is 19.1 Å². The topological polar surface area (TPSA) is 149 Å². The lowest BCUT2D eigenvalue weighted by molar-refractivity contribution is -0.135. The van der Waals surface area contributed by atoms with Crippen molar-refractivity contribution in [3.8, 4) is 6.01 Å². The highest BCUT2D eigenvalue weighted by molar-refractivity contribution is 7.93. The summed E-state index contributed by atoms with van der Waals surface area (Å²) >= 11 is 5.02. The van der Waals surface area contributed by atoms with Gasteiger partial charge in [0.25, 0.3) is 0 Å². The van der Waals surface area contributed by atoms with Gasteiger partial charge in [0.15, 0.2) is 0 Å². The number of esters is 1. The summed E-state index contributed by atoms with van der Waals surface area (Å²) in [5.74, 6) is -0.590. The number of nitrogens with one attached hydrogen (secondary N) is 2. The molecule has 1 heterocycles. The second-order valence-corrected chi connectivity index (χ2v) is 7.34. The predicted octanol–water partition coefficient (Wildman–Crippen LogP) is 0.0476. The fourth-order valence-corrected chi connectivity index (χ4v) is 3.68. The fourth-order valence-electron chi connectivity index (χ4n) is 1.99. The Labute approximate surface area is 159 Å². The van der Waals surface area contributed by atoms with Crippen molar-refractivity contribution in [3.63, 3.8) is 0 Å². The number of thiocarbonyl (C=S) groups is 1. The lowest BCUT2D eigenvalue weighted by atomic mass is 10.1. The van der Waals surface area contributed by atoms with Crippen LogP contribution in [0, 0.1) is 6.92 Å². The van der Waals surface area contributed by atoms with Gasteiger partial charge in [0.2, 0.25) is 16.0 Å². The molecular formula is C14H15N5O6S2. The molecule has 11 nitrogen and oxygen atoms in total. The van der Waals surface area contributed by atoms with Crippen LogP contribution in [0.4, 0.5) is 10.7 Å². The van der Waals surface area contributed by atoms with Gasteiger partial charge in [-0.15, -0.1) is 0 Å². The molecule has 2 N–H and O–H groups in total. The summed E-state index contributed by atoms with van der Waals surface area (Å²) in [5, 5.41) is 0.857. The first-order chi connectivity index (χ1) is 12.7. The molecule has 1 aromatic heterocycles. The SMILES string of the molecule is COC(=O)C1=CC(=S)C(S(=O)(=O)NC(=O)Nc2nc(C)nc(OC)n2)C=C1. The largest absolute Gasteiger partial charge is 0.467 e. The molecule has 0 radical (unpaired) electrons. The van der Waals surface area contributed by atoms with E-state index in [1.54, 1.807) is 6.92 Å². The number of anilines is 1. The van der Waals surface area contributed by atoms with Gasteiger partial charge in [0.1, 0.15) is 11.1 Å². The van der Waals surface area contributed by atoms with Crippen molar-refractivity contribution in [1.29, 1.82) is 0 Å². The summed E-state index contributed by atoms with van der Waals surface area (Å²) in [6.07, 6.45) is 3.63. The molecule has 13 heteroatoms. The number of carbonyl (C=O) groups excluding carboxylic acids is 2. The van der Waals surface area contributed by atoms with E-state index in [1.165, 1.54) is 32.4 Å². The standard InChI is InChI=1S/C14H15N5O6S2/c1-7-15-12(18-14(16-7)25-3)17-13(21)19-27(22,23)10-5-4-8(6-9(10)26)11(20)24-2/h4-6,10H,1-3H3,(H2,15,16,17,18,19,21). The number of methoxy groups -OCH3 is 2. The van der Waals surface area contributed by atoms with Crippen molar-refractivity contribution in [1.82, 2.24) is 19.7 Å². The van der Waals surface area contributed by atoms with Crippen molar-refractivity contribution in [2.24, 2.45) is 0 Å². The third-order valence-corrected chi connectivity index (χ3v) is 5.22. The molecule has 1 unspecified atom stereocenters. The first-order valence-electron chi connectivity index (χ1n) is 7.27. The van der Waals surface area contributed by atoms with E-state index >= 15 is 0 Å². The van der Waals surface area contributed by atoms with E-state index in [0.29, 0.717) is 0 Å². The molecule has 0 saturated carbocycles. The van der Waals surface area contributed by atoms with Crippen LogP contribution in [0.1, 0.15) is 5.82 Å². The third-order valence-electron chi connectivity index (χ3n) is 3.15. The molecule has 0 aromatic carbocycles. The average Bonchev–Trinajstić information content (AvgIpc) is 2.59. The van der Waals surface area contributed by atoms with Crippen LogP contribution >= 0.6 is 12.2 Å². The van der Waals surface area contributed by atoms with Crippen LogP contribution in [-0.2, 0) is 19.6 Å². The fraction of sp³-hybridized carbons (Fsp3) is 0.286. The maximum atomic E-state index is 12.4. The molecule has 2 amide bonds. The molecule has 0 bridgehead atoms. The number of amides is 2. The van der Waals surface area contributed by atoms with E-state index in [2.05, 4.69) is 25.0 Å². The molecule has 0 spiro atoms. The summed E-state index contributed by atoms with van der Waals surface area (Å²) in [6.45, 7) is 1.54. The molecule has 144 valence electrons. The van der Waals surface area contributed by atoms with E-state index in [-0.39, 0.29) is 28.2 Å². The first-order valence-corrected chi connectivity index (χ1v) is 9.23. The van der Waals surface area contributed by atoms with Crippen LogP contribution in [0.2, 0.25) is 0 Å². The van der Waals surface area contributed by atoms with Crippen molar-refractivity contribution in [3.05, 3.63) is 29.6 Å². The number of allylic oxidation sites excluding steroid dienone is 1. The van der Waals surface area contributed by atoms with Gasteiger partial charge in [0.05, 0.1) is 19.8 Å². The number of rotatable bonds is 5. The minimum Gasteiger partial charge on any atom is -0.467 e. The van der Waals surface area contributed by atoms with Gasteiger partial charge in [-0.1, -0.05) is 18.3 Å². The first kappa shape index (κ1) is 20.4. The number of carbonyl (C=O) groups is 2.